The highest BCUT2D eigenvalue weighted by Crippen LogP contribution is 2.35. The molecule has 0 aliphatic heterocycles. The summed E-state index contributed by atoms with van der Waals surface area (Å²) in [6.07, 6.45) is 5.94. The van der Waals surface area contributed by atoms with E-state index in [4.69, 9.17) is 0 Å². The fraction of sp³-hybridized carbons (Fsp3) is 0.500. The van der Waals surface area contributed by atoms with Crippen LogP contribution in [0.25, 0.3) is 0 Å². The maximum atomic E-state index is 4.41. The molecular formula is C10H14N2. The van der Waals surface area contributed by atoms with E-state index in [1.54, 1.807) is 0 Å². The van der Waals surface area contributed by atoms with E-state index in [2.05, 4.69) is 22.4 Å². The van der Waals surface area contributed by atoms with E-state index in [-0.39, 0.29) is 0 Å². The van der Waals surface area contributed by atoms with Gasteiger partial charge in [0, 0.05) is 18.7 Å². The van der Waals surface area contributed by atoms with Crippen LogP contribution in [0.1, 0.15) is 30.9 Å². The Balaban J connectivity index is 2.13. The molecule has 1 aromatic heterocycles. The predicted molar refractivity (Wildman–Crippen MR) is 50.4 cm³/mol. The van der Waals surface area contributed by atoms with Gasteiger partial charge in [0.1, 0.15) is 0 Å². The topological polar surface area (TPSA) is 24.9 Å². The molecule has 0 bridgehead atoms. The van der Waals surface area contributed by atoms with Gasteiger partial charge in [-0.25, -0.2) is 0 Å². The van der Waals surface area contributed by atoms with Crippen molar-refractivity contribution in [2.45, 2.75) is 25.2 Å². The molecule has 1 saturated carbocycles. The van der Waals surface area contributed by atoms with Gasteiger partial charge in [-0.3, -0.25) is 4.98 Å². The van der Waals surface area contributed by atoms with Crippen molar-refractivity contribution in [3.8, 4) is 0 Å². The zero-order valence-corrected chi connectivity index (χ0v) is 7.38. The molecule has 0 aromatic carbocycles. The first-order chi connectivity index (χ1) is 5.90. The smallest absolute Gasteiger partial charge is 0.0524 e. The normalized spacial score (nSPS) is 17.1. The van der Waals surface area contributed by atoms with E-state index in [0.717, 1.165) is 11.6 Å². The van der Waals surface area contributed by atoms with Crippen LogP contribution < -0.4 is 5.32 Å². The first-order valence-electron chi connectivity index (χ1n) is 4.54. The van der Waals surface area contributed by atoms with Crippen molar-refractivity contribution in [2.24, 2.45) is 0 Å². The van der Waals surface area contributed by atoms with Crippen molar-refractivity contribution in [3.63, 3.8) is 0 Å². The molecule has 1 aliphatic rings. The van der Waals surface area contributed by atoms with E-state index in [0.29, 0.717) is 0 Å². The third-order valence-corrected chi connectivity index (χ3v) is 2.60. The summed E-state index contributed by atoms with van der Waals surface area (Å²) < 4.78 is 0. The van der Waals surface area contributed by atoms with Crippen molar-refractivity contribution in [2.75, 3.05) is 12.4 Å². The Morgan fingerprint density at radius 1 is 1.42 bits per heavy atom. The molecule has 0 unspecified atom stereocenters. The molecule has 0 atom stereocenters. The second-order valence-corrected chi connectivity index (χ2v) is 3.35. The van der Waals surface area contributed by atoms with Gasteiger partial charge < -0.3 is 5.32 Å². The number of anilines is 1. The minimum Gasteiger partial charge on any atom is -0.387 e. The van der Waals surface area contributed by atoms with E-state index in [9.17, 15) is 0 Å². The van der Waals surface area contributed by atoms with Crippen molar-refractivity contribution in [1.29, 1.82) is 0 Å². The minimum absolute atomic E-state index is 0.746. The Labute approximate surface area is 73.0 Å². The summed E-state index contributed by atoms with van der Waals surface area (Å²) in [6.45, 7) is 0. The van der Waals surface area contributed by atoms with Gasteiger partial charge in [-0.15, -0.1) is 0 Å². The van der Waals surface area contributed by atoms with Crippen molar-refractivity contribution < 1.29 is 0 Å². The van der Waals surface area contributed by atoms with Crippen LogP contribution in [0.4, 0.5) is 5.69 Å². The molecule has 1 aromatic rings. The van der Waals surface area contributed by atoms with Crippen LogP contribution in [-0.2, 0) is 0 Å². The van der Waals surface area contributed by atoms with Gasteiger partial charge in [0.05, 0.1) is 11.9 Å². The molecular weight excluding hydrogens is 148 g/mol. The van der Waals surface area contributed by atoms with E-state index < -0.39 is 0 Å². The van der Waals surface area contributed by atoms with Gasteiger partial charge in [-0.05, 0) is 25.0 Å². The van der Waals surface area contributed by atoms with Gasteiger partial charge in [0.2, 0.25) is 0 Å². The molecule has 1 aliphatic carbocycles. The van der Waals surface area contributed by atoms with Gasteiger partial charge >= 0.3 is 0 Å². The first-order valence-corrected chi connectivity index (χ1v) is 4.54. The molecule has 0 saturated heterocycles. The predicted octanol–water partition coefficient (Wildman–Crippen LogP) is 2.39. The summed E-state index contributed by atoms with van der Waals surface area (Å²) in [4.78, 5) is 4.41. The Kier molecular flexibility index (Phi) is 1.98. The standard InChI is InChI=1S/C10H14N2/c1-11-9-5-6-10(12-7-9)8-3-2-4-8/h5-8,11H,2-4H2,1H3. The van der Waals surface area contributed by atoms with Crippen LogP contribution >= 0.6 is 0 Å². The van der Waals surface area contributed by atoms with Crippen molar-refractivity contribution in [3.05, 3.63) is 24.0 Å². The summed E-state index contributed by atoms with van der Waals surface area (Å²) in [6, 6.07) is 4.23. The Hall–Kier alpha value is -1.05. The molecule has 1 heterocycles. The number of nitrogens with one attached hydrogen (secondary N) is 1. The molecule has 0 spiro atoms. The second kappa shape index (κ2) is 3.13. The highest BCUT2D eigenvalue weighted by atomic mass is 14.8. The molecule has 64 valence electrons. The lowest BCUT2D eigenvalue weighted by atomic mass is 9.83. The average Bonchev–Trinajstić information content (AvgIpc) is 2.03. The Morgan fingerprint density at radius 2 is 2.25 bits per heavy atom. The van der Waals surface area contributed by atoms with Crippen LogP contribution in [0.5, 0.6) is 0 Å². The van der Waals surface area contributed by atoms with Gasteiger partial charge in [0.25, 0.3) is 0 Å². The number of hydrogen-bond donors (Lipinski definition) is 1. The zero-order chi connectivity index (χ0) is 8.39. The fourth-order valence-corrected chi connectivity index (χ4v) is 1.50. The number of hydrogen-bond acceptors (Lipinski definition) is 2. The highest BCUT2D eigenvalue weighted by Gasteiger charge is 2.20. The molecule has 1 fully saturated rings. The fourth-order valence-electron chi connectivity index (χ4n) is 1.50. The molecule has 12 heavy (non-hydrogen) atoms. The van der Waals surface area contributed by atoms with Crippen molar-refractivity contribution in [1.82, 2.24) is 4.98 Å². The molecule has 0 radical (unpaired) electrons. The minimum atomic E-state index is 0.746. The maximum Gasteiger partial charge on any atom is 0.0524 e. The summed E-state index contributed by atoms with van der Waals surface area (Å²) in [5, 5.41) is 3.07. The summed E-state index contributed by atoms with van der Waals surface area (Å²) in [5.74, 6) is 0.746. The summed E-state index contributed by atoms with van der Waals surface area (Å²) >= 11 is 0. The van der Waals surface area contributed by atoms with Crippen LogP contribution in [-0.4, -0.2) is 12.0 Å². The van der Waals surface area contributed by atoms with E-state index >= 15 is 0 Å². The molecule has 2 rings (SSSR count). The zero-order valence-electron chi connectivity index (χ0n) is 7.38. The molecule has 0 amide bonds. The lowest BCUT2D eigenvalue weighted by Gasteiger charge is -2.24. The number of rotatable bonds is 2. The SMILES string of the molecule is CNc1ccc(C2CCC2)nc1. The second-order valence-electron chi connectivity index (χ2n) is 3.35. The van der Waals surface area contributed by atoms with E-state index in [1.165, 1.54) is 25.0 Å². The Morgan fingerprint density at radius 3 is 2.67 bits per heavy atom. The molecule has 2 nitrogen and oxygen atoms in total. The van der Waals surface area contributed by atoms with Gasteiger partial charge in [-0.1, -0.05) is 6.42 Å². The summed E-state index contributed by atoms with van der Waals surface area (Å²) in [7, 11) is 1.92. The number of pyridine rings is 1. The Bertz CT molecular complexity index is 249. The third kappa shape index (κ3) is 1.29. The van der Waals surface area contributed by atoms with Gasteiger partial charge in [-0.2, -0.15) is 0 Å². The summed E-state index contributed by atoms with van der Waals surface area (Å²) in [5.41, 5.74) is 2.36. The largest absolute Gasteiger partial charge is 0.387 e. The third-order valence-electron chi connectivity index (χ3n) is 2.60. The lowest BCUT2D eigenvalue weighted by molar-refractivity contribution is 0.411. The average molecular weight is 162 g/mol. The number of aromatic nitrogens is 1. The van der Waals surface area contributed by atoms with Crippen LogP contribution in [0.3, 0.4) is 0 Å². The van der Waals surface area contributed by atoms with Crippen LogP contribution in [0.2, 0.25) is 0 Å². The lowest BCUT2D eigenvalue weighted by Crippen LogP contribution is -2.10. The van der Waals surface area contributed by atoms with Crippen molar-refractivity contribution >= 4 is 5.69 Å². The van der Waals surface area contributed by atoms with Crippen LogP contribution in [0, 0.1) is 0 Å². The monoisotopic (exact) mass is 162 g/mol. The first kappa shape index (κ1) is 7.59. The maximum absolute atomic E-state index is 4.41. The molecule has 1 N–H and O–H groups in total. The quantitative estimate of drug-likeness (QED) is 0.722. The molecule has 2 heteroatoms. The van der Waals surface area contributed by atoms with Gasteiger partial charge in [0.15, 0.2) is 0 Å². The number of nitrogens with zero attached hydrogens (tertiary/aromatic N) is 1. The van der Waals surface area contributed by atoms with E-state index in [1.807, 2.05) is 13.2 Å². The highest BCUT2D eigenvalue weighted by molar-refractivity contribution is 5.40. The van der Waals surface area contributed by atoms with Crippen LogP contribution in [0.15, 0.2) is 18.3 Å².